The molecule has 0 saturated carbocycles. The molecule has 2 fully saturated rings. The second kappa shape index (κ2) is 9.31. The Morgan fingerprint density at radius 1 is 1.40 bits per heavy atom. The number of aromatic nitrogens is 2. The summed E-state index contributed by atoms with van der Waals surface area (Å²) in [5.41, 5.74) is 0.635. The van der Waals surface area contributed by atoms with Gasteiger partial charge < -0.3 is 19.3 Å². The molecular formula is C18H30N4O3. The molecule has 0 aromatic carbocycles. The minimum Gasteiger partial charge on any atom is -0.383 e. The van der Waals surface area contributed by atoms with E-state index in [1.165, 1.54) is 0 Å². The summed E-state index contributed by atoms with van der Waals surface area (Å²) in [4.78, 5) is 17.3. The molecule has 1 aromatic heterocycles. The second-order valence-corrected chi connectivity index (χ2v) is 7.11. The number of piperidine rings is 1. The van der Waals surface area contributed by atoms with Crippen LogP contribution in [0.25, 0.3) is 0 Å². The van der Waals surface area contributed by atoms with Gasteiger partial charge in [-0.3, -0.25) is 9.89 Å². The molecular weight excluding hydrogens is 320 g/mol. The SMILES string of the molecule is COCCN1CCC(CN(C[C@H]2CCCO2)C(=O)c2cn[nH]c2)CC1. The second-order valence-electron chi connectivity index (χ2n) is 7.11. The molecule has 7 heteroatoms. The maximum atomic E-state index is 12.9. The summed E-state index contributed by atoms with van der Waals surface area (Å²) in [6.07, 6.45) is 7.86. The summed E-state index contributed by atoms with van der Waals surface area (Å²) in [7, 11) is 1.75. The highest BCUT2D eigenvalue weighted by atomic mass is 16.5. The lowest BCUT2D eigenvalue weighted by molar-refractivity contribution is 0.0437. The van der Waals surface area contributed by atoms with Crippen molar-refractivity contribution in [2.45, 2.75) is 31.8 Å². The van der Waals surface area contributed by atoms with Crippen molar-refractivity contribution >= 4 is 5.91 Å². The van der Waals surface area contributed by atoms with Gasteiger partial charge in [-0.05, 0) is 44.7 Å². The van der Waals surface area contributed by atoms with E-state index in [4.69, 9.17) is 9.47 Å². The number of H-pyrrole nitrogens is 1. The summed E-state index contributed by atoms with van der Waals surface area (Å²) in [5.74, 6) is 0.613. The van der Waals surface area contributed by atoms with Crippen LogP contribution in [0.2, 0.25) is 0 Å². The number of hydrogen-bond acceptors (Lipinski definition) is 5. The first-order chi connectivity index (χ1) is 12.3. The predicted molar refractivity (Wildman–Crippen MR) is 94.5 cm³/mol. The topological polar surface area (TPSA) is 70.7 Å². The van der Waals surface area contributed by atoms with Gasteiger partial charge in [0.25, 0.3) is 5.91 Å². The van der Waals surface area contributed by atoms with Gasteiger partial charge in [-0.25, -0.2) is 0 Å². The van der Waals surface area contributed by atoms with Crippen LogP contribution in [0, 0.1) is 5.92 Å². The first-order valence-electron chi connectivity index (χ1n) is 9.37. The van der Waals surface area contributed by atoms with Crippen molar-refractivity contribution in [1.29, 1.82) is 0 Å². The van der Waals surface area contributed by atoms with Gasteiger partial charge in [0.15, 0.2) is 0 Å². The minimum absolute atomic E-state index is 0.0612. The Morgan fingerprint density at radius 3 is 2.88 bits per heavy atom. The van der Waals surface area contributed by atoms with E-state index in [1.807, 2.05) is 4.90 Å². The largest absolute Gasteiger partial charge is 0.383 e. The van der Waals surface area contributed by atoms with E-state index in [1.54, 1.807) is 19.5 Å². The first-order valence-corrected chi connectivity index (χ1v) is 9.37. The first kappa shape index (κ1) is 18.4. The molecule has 2 aliphatic heterocycles. The molecule has 0 spiro atoms. The molecule has 1 aromatic rings. The number of carbonyl (C=O) groups is 1. The third kappa shape index (κ3) is 5.26. The predicted octanol–water partition coefficient (Wildman–Crippen LogP) is 1.39. The van der Waals surface area contributed by atoms with Gasteiger partial charge in [0.1, 0.15) is 0 Å². The quantitative estimate of drug-likeness (QED) is 0.767. The van der Waals surface area contributed by atoms with Crippen molar-refractivity contribution in [1.82, 2.24) is 20.0 Å². The fourth-order valence-electron chi connectivity index (χ4n) is 3.75. The van der Waals surface area contributed by atoms with Gasteiger partial charge in [0.05, 0.1) is 24.5 Å². The van der Waals surface area contributed by atoms with Crippen LogP contribution in [0.15, 0.2) is 12.4 Å². The standard InChI is InChI=1S/C18H30N4O3/c1-24-10-8-21-6-4-15(5-7-21)13-22(14-17-3-2-9-25-17)18(23)16-11-19-20-12-16/h11-12,15,17H,2-10,13-14H2,1H3,(H,19,20)/t17-/m1/s1. The summed E-state index contributed by atoms with van der Waals surface area (Å²) >= 11 is 0. The normalized spacial score (nSPS) is 22.4. The van der Waals surface area contributed by atoms with Gasteiger partial charge >= 0.3 is 0 Å². The van der Waals surface area contributed by atoms with Gasteiger partial charge in [0.2, 0.25) is 0 Å². The molecule has 0 aliphatic carbocycles. The van der Waals surface area contributed by atoms with Crippen LogP contribution in [0.3, 0.4) is 0 Å². The van der Waals surface area contributed by atoms with E-state index < -0.39 is 0 Å². The lowest BCUT2D eigenvalue weighted by Gasteiger charge is -2.35. The van der Waals surface area contributed by atoms with Gasteiger partial charge in [-0.2, -0.15) is 5.10 Å². The Balaban J connectivity index is 1.55. The molecule has 1 N–H and O–H groups in total. The zero-order valence-corrected chi connectivity index (χ0v) is 15.2. The smallest absolute Gasteiger partial charge is 0.257 e. The van der Waals surface area contributed by atoms with E-state index in [0.29, 0.717) is 18.0 Å². The zero-order chi connectivity index (χ0) is 17.5. The number of nitrogens with zero attached hydrogens (tertiary/aromatic N) is 3. The zero-order valence-electron chi connectivity index (χ0n) is 15.2. The van der Waals surface area contributed by atoms with Crippen LogP contribution in [-0.4, -0.2) is 85.1 Å². The van der Waals surface area contributed by atoms with Gasteiger partial charge in [0, 0.05) is 39.5 Å². The number of nitrogens with one attached hydrogen (secondary N) is 1. The number of methoxy groups -OCH3 is 1. The molecule has 1 atom stereocenters. The summed E-state index contributed by atoms with van der Waals surface area (Å²) in [5, 5.41) is 6.66. The Hall–Kier alpha value is -1.44. The van der Waals surface area contributed by atoms with Gasteiger partial charge in [-0.1, -0.05) is 0 Å². The van der Waals surface area contributed by atoms with Crippen molar-refractivity contribution in [2.24, 2.45) is 5.92 Å². The highest BCUT2D eigenvalue weighted by molar-refractivity contribution is 5.93. The molecule has 2 aliphatic rings. The highest BCUT2D eigenvalue weighted by Gasteiger charge is 2.28. The average molecular weight is 350 g/mol. The van der Waals surface area contributed by atoms with Gasteiger partial charge in [-0.15, -0.1) is 0 Å². The fraction of sp³-hybridized carbons (Fsp3) is 0.778. The number of rotatable bonds is 8. The molecule has 140 valence electrons. The maximum absolute atomic E-state index is 12.9. The Labute approximate surface area is 149 Å². The van der Waals surface area contributed by atoms with Crippen molar-refractivity contribution in [3.8, 4) is 0 Å². The molecule has 1 amide bonds. The lowest BCUT2D eigenvalue weighted by atomic mass is 9.95. The van der Waals surface area contributed by atoms with E-state index in [9.17, 15) is 4.79 Å². The minimum atomic E-state index is 0.0612. The van der Waals surface area contributed by atoms with Crippen LogP contribution < -0.4 is 0 Å². The molecule has 0 unspecified atom stereocenters. The average Bonchev–Trinajstić information content (AvgIpc) is 3.34. The highest BCUT2D eigenvalue weighted by Crippen LogP contribution is 2.21. The molecule has 0 bridgehead atoms. The third-order valence-electron chi connectivity index (χ3n) is 5.28. The fourth-order valence-corrected chi connectivity index (χ4v) is 3.75. The number of likely N-dealkylation sites (tertiary alicyclic amines) is 1. The van der Waals surface area contributed by atoms with Crippen molar-refractivity contribution in [2.75, 3.05) is 53.0 Å². The van der Waals surface area contributed by atoms with Crippen LogP contribution in [0.4, 0.5) is 0 Å². The Kier molecular flexibility index (Phi) is 6.84. The molecule has 25 heavy (non-hydrogen) atoms. The van der Waals surface area contributed by atoms with E-state index in [0.717, 1.165) is 65.1 Å². The number of ether oxygens (including phenoxy) is 2. The van der Waals surface area contributed by atoms with E-state index in [-0.39, 0.29) is 12.0 Å². The maximum Gasteiger partial charge on any atom is 0.257 e. The summed E-state index contributed by atoms with van der Waals surface area (Å²) in [6, 6.07) is 0. The molecule has 2 saturated heterocycles. The summed E-state index contributed by atoms with van der Waals surface area (Å²) in [6.45, 7) is 6.27. The third-order valence-corrected chi connectivity index (χ3v) is 5.28. The Morgan fingerprint density at radius 2 is 2.24 bits per heavy atom. The van der Waals surface area contributed by atoms with Crippen LogP contribution >= 0.6 is 0 Å². The van der Waals surface area contributed by atoms with E-state index in [2.05, 4.69) is 15.1 Å². The number of hydrogen-bond donors (Lipinski definition) is 1. The van der Waals surface area contributed by atoms with Crippen LogP contribution in [0.5, 0.6) is 0 Å². The molecule has 0 radical (unpaired) electrons. The molecule has 3 heterocycles. The molecule has 3 rings (SSSR count). The Bertz CT molecular complexity index is 508. The summed E-state index contributed by atoms with van der Waals surface area (Å²) < 4.78 is 10.9. The van der Waals surface area contributed by atoms with Crippen LogP contribution in [0.1, 0.15) is 36.0 Å². The van der Waals surface area contributed by atoms with Crippen molar-refractivity contribution < 1.29 is 14.3 Å². The lowest BCUT2D eigenvalue weighted by Crippen LogP contribution is -2.44. The van der Waals surface area contributed by atoms with Crippen LogP contribution in [-0.2, 0) is 9.47 Å². The number of aromatic amines is 1. The van der Waals surface area contributed by atoms with E-state index >= 15 is 0 Å². The van der Waals surface area contributed by atoms with Crippen molar-refractivity contribution in [3.05, 3.63) is 18.0 Å². The number of carbonyl (C=O) groups excluding carboxylic acids is 1. The number of amides is 1. The monoisotopic (exact) mass is 350 g/mol. The molecule has 7 nitrogen and oxygen atoms in total. The van der Waals surface area contributed by atoms with Crippen molar-refractivity contribution in [3.63, 3.8) is 0 Å².